The maximum Gasteiger partial charge on any atom is 0.169 e. The third-order valence-electron chi connectivity index (χ3n) is 4.03. The van der Waals surface area contributed by atoms with Crippen LogP contribution in [0, 0.1) is 0 Å². The third-order valence-corrected chi connectivity index (χ3v) is 4.03. The molecule has 2 fully saturated rings. The van der Waals surface area contributed by atoms with Gasteiger partial charge in [0.05, 0.1) is 12.7 Å². The minimum Gasteiger partial charge on any atom is -0.370 e. The van der Waals surface area contributed by atoms with Crippen molar-refractivity contribution in [3.05, 3.63) is 11.6 Å². The van der Waals surface area contributed by atoms with Crippen molar-refractivity contribution in [1.29, 1.82) is 0 Å². The van der Waals surface area contributed by atoms with E-state index in [1.54, 1.807) is 7.11 Å². The SMILES string of the molecule is CO[C@@]1(C)C[C@@H]2OCC3=CCCCC32O1. The monoisotopic (exact) mass is 210 g/mol. The molecule has 2 heterocycles. The van der Waals surface area contributed by atoms with E-state index in [0.29, 0.717) is 0 Å². The number of rotatable bonds is 1. The molecule has 3 nitrogen and oxygen atoms in total. The highest BCUT2D eigenvalue weighted by atomic mass is 16.7. The van der Waals surface area contributed by atoms with Gasteiger partial charge in [0.15, 0.2) is 5.79 Å². The lowest BCUT2D eigenvalue weighted by Crippen LogP contribution is -2.40. The summed E-state index contributed by atoms with van der Waals surface area (Å²) in [5.74, 6) is -0.457. The zero-order valence-corrected chi connectivity index (χ0v) is 9.41. The predicted molar refractivity (Wildman–Crippen MR) is 55.5 cm³/mol. The van der Waals surface area contributed by atoms with Gasteiger partial charge < -0.3 is 14.2 Å². The summed E-state index contributed by atoms with van der Waals surface area (Å²) in [6, 6.07) is 0. The van der Waals surface area contributed by atoms with Crippen molar-refractivity contribution in [2.45, 2.75) is 50.1 Å². The van der Waals surface area contributed by atoms with Crippen LogP contribution in [0.25, 0.3) is 0 Å². The Morgan fingerprint density at radius 1 is 1.53 bits per heavy atom. The molecule has 84 valence electrons. The lowest BCUT2D eigenvalue weighted by atomic mass is 9.81. The molecule has 1 spiro atoms. The largest absolute Gasteiger partial charge is 0.370 e. The first-order valence-electron chi connectivity index (χ1n) is 5.75. The summed E-state index contributed by atoms with van der Waals surface area (Å²) in [6.07, 6.45) is 6.80. The molecule has 0 bridgehead atoms. The molecule has 0 aromatic heterocycles. The minimum atomic E-state index is -0.457. The van der Waals surface area contributed by atoms with Gasteiger partial charge in [0.2, 0.25) is 0 Å². The second-order valence-corrected chi connectivity index (χ2v) is 4.95. The first kappa shape index (κ1) is 9.82. The fraction of sp³-hybridized carbons (Fsp3) is 0.833. The highest BCUT2D eigenvalue weighted by Crippen LogP contribution is 2.52. The number of hydrogen-bond donors (Lipinski definition) is 0. The van der Waals surface area contributed by atoms with Gasteiger partial charge >= 0.3 is 0 Å². The van der Waals surface area contributed by atoms with E-state index in [1.165, 1.54) is 18.4 Å². The molecule has 2 aliphatic heterocycles. The fourth-order valence-corrected chi connectivity index (χ4v) is 3.14. The van der Waals surface area contributed by atoms with Crippen molar-refractivity contribution in [1.82, 2.24) is 0 Å². The average molecular weight is 210 g/mol. The molecular weight excluding hydrogens is 192 g/mol. The van der Waals surface area contributed by atoms with Gasteiger partial charge in [0.1, 0.15) is 5.60 Å². The van der Waals surface area contributed by atoms with Crippen LogP contribution in [0.1, 0.15) is 32.6 Å². The Morgan fingerprint density at radius 2 is 2.40 bits per heavy atom. The summed E-state index contributed by atoms with van der Waals surface area (Å²) in [5, 5.41) is 0. The molecule has 0 saturated carbocycles. The quantitative estimate of drug-likeness (QED) is 0.620. The predicted octanol–water partition coefficient (Wildman–Crippen LogP) is 2.02. The third kappa shape index (κ3) is 1.23. The number of allylic oxidation sites excluding steroid dienone is 1. The summed E-state index contributed by atoms with van der Waals surface area (Å²) < 4.78 is 17.5. The lowest BCUT2D eigenvalue weighted by molar-refractivity contribution is -0.221. The topological polar surface area (TPSA) is 27.7 Å². The van der Waals surface area contributed by atoms with E-state index < -0.39 is 5.79 Å². The van der Waals surface area contributed by atoms with Gasteiger partial charge in [-0.2, -0.15) is 0 Å². The van der Waals surface area contributed by atoms with E-state index in [0.717, 1.165) is 19.4 Å². The van der Waals surface area contributed by atoms with Crippen LogP contribution in [0.4, 0.5) is 0 Å². The van der Waals surface area contributed by atoms with E-state index in [-0.39, 0.29) is 11.7 Å². The highest BCUT2D eigenvalue weighted by molar-refractivity contribution is 5.29. The van der Waals surface area contributed by atoms with E-state index in [9.17, 15) is 0 Å². The maximum absolute atomic E-state index is 6.20. The van der Waals surface area contributed by atoms with Crippen molar-refractivity contribution in [3.63, 3.8) is 0 Å². The van der Waals surface area contributed by atoms with Crippen molar-refractivity contribution >= 4 is 0 Å². The second-order valence-electron chi connectivity index (χ2n) is 4.95. The molecule has 3 rings (SSSR count). The normalized spacial score (nSPS) is 48.7. The molecule has 1 unspecified atom stereocenters. The highest BCUT2D eigenvalue weighted by Gasteiger charge is 2.60. The van der Waals surface area contributed by atoms with Crippen LogP contribution >= 0.6 is 0 Å². The smallest absolute Gasteiger partial charge is 0.169 e. The van der Waals surface area contributed by atoms with Gasteiger partial charge in [-0.3, -0.25) is 0 Å². The van der Waals surface area contributed by atoms with Gasteiger partial charge in [0.25, 0.3) is 0 Å². The molecule has 0 aromatic rings. The molecule has 2 saturated heterocycles. The van der Waals surface area contributed by atoms with Gasteiger partial charge in [-0.15, -0.1) is 0 Å². The average Bonchev–Trinajstić information content (AvgIpc) is 2.69. The van der Waals surface area contributed by atoms with E-state index in [4.69, 9.17) is 14.2 Å². The van der Waals surface area contributed by atoms with Gasteiger partial charge in [-0.25, -0.2) is 0 Å². The van der Waals surface area contributed by atoms with Crippen LogP contribution in [0.3, 0.4) is 0 Å². The summed E-state index contributed by atoms with van der Waals surface area (Å²) >= 11 is 0. The molecule has 1 aliphatic carbocycles. The standard InChI is InChI=1S/C12H18O3/c1-11(13-2)7-10-12(15-11)6-4-3-5-9(12)8-14-10/h5,10H,3-4,6-8H2,1-2H3/t10-,11+,12?/m0/s1. The molecule has 3 heteroatoms. The van der Waals surface area contributed by atoms with Crippen LogP contribution in [-0.2, 0) is 14.2 Å². The van der Waals surface area contributed by atoms with E-state index in [1.807, 2.05) is 6.92 Å². The Hall–Kier alpha value is -0.380. The fourth-order valence-electron chi connectivity index (χ4n) is 3.14. The summed E-state index contributed by atoms with van der Waals surface area (Å²) in [5.41, 5.74) is 1.20. The Balaban J connectivity index is 1.96. The molecule has 0 N–H and O–H groups in total. The van der Waals surface area contributed by atoms with Crippen molar-refractivity contribution < 1.29 is 14.2 Å². The lowest BCUT2D eigenvalue weighted by Gasteiger charge is -2.34. The zero-order chi connectivity index (χ0) is 10.5. The Bertz CT molecular complexity index is 312. The molecular formula is C12H18O3. The van der Waals surface area contributed by atoms with E-state index >= 15 is 0 Å². The first-order valence-corrected chi connectivity index (χ1v) is 5.75. The van der Waals surface area contributed by atoms with Crippen molar-refractivity contribution in [2.75, 3.05) is 13.7 Å². The number of ether oxygens (including phenoxy) is 3. The van der Waals surface area contributed by atoms with E-state index in [2.05, 4.69) is 6.08 Å². The van der Waals surface area contributed by atoms with Crippen LogP contribution in [0.15, 0.2) is 11.6 Å². The van der Waals surface area contributed by atoms with Crippen LogP contribution in [0.2, 0.25) is 0 Å². The molecule has 15 heavy (non-hydrogen) atoms. The summed E-state index contributed by atoms with van der Waals surface area (Å²) in [6.45, 7) is 2.76. The van der Waals surface area contributed by atoms with Crippen LogP contribution in [0.5, 0.6) is 0 Å². The molecule has 0 aromatic carbocycles. The molecule has 0 amide bonds. The number of hydrogen-bond acceptors (Lipinski definition) is 3. The summed E-state index contributed by atoms with van der Waals surface area (Å²) in [7, 11) is 1.71. The second kappa shape index (κ2) is 3.06. The van der Waals surface area contributed by atoms with Gasteiger partial charge in [0, 0.05) is 13.5 Å². The van der Waals surface area contributed by atoms with Crippen molar-refractivity contribution in [2.24, 2.45) is 0 Å². The Kier molecular flexibility index (Phi) is 2.00. The zero-order valence-electron chi connectivity index (χ0n) is 9.41. The van der Waals surface area contributed by atoms with Crippen molar-refractivity contribution in [3.8, 4) is 0 Å². The summed E-state index contributed by atoms with van der Waals surface area (Å²) in [4.78, 5) is 0. The molecule has 3 aliphatic rings. The van der Waals surface area contributed by atoms with Crippen LogP contribution in [-0.4, -0.2) is 31.2 Å². The Morgan fingerprint density at radius 3 is 3.20 bits per heavy atom. The number of methoxy groups -OCH3 is 1. The van der Waals surface area contributed by atoms with Gasteiger partial charge in [-0.05, 0) is 31.8 Å². The van der Waals surface area contributed by atoms with Crippen LogP contribution < -0.4 is 0 Å². The Labute approximate surface area is 90.4 Å². The molecule has 3 atom stereocenters. The molecule has 0 radical (unpaired) electrons. The minimum absolute atomic E-state index is 0.150. The first-order chi connectivity index (χ1) is 7.19. The van der Waals surface area contributed by atoms with Gasteiger partial charge in [-0.1, -0.05) is 6.08 Å². The maximum atomic E-state index is 6.20.